The number of anilines is 1. The Bertz CT molecular complexity index is 555. The van der Waals surface area contributed by atoms with E-state index in [1.165, 1.54) is 17.4 Å². The van der Waals surface area contributed by atoms with E-state index in [4.69, 9.17) is 4.74 Å². The molecular weight excluding hydrogens is 292 g/mol. The van der Waals surface area contributed by atoms with Gasteiger partial charge in [-0.15, -0.1) is 0 Å². The molecule has 126 valence electrons. The second kappa shape index (κ2) is 7.13. The minimum absolute atomic E-state index is 0.0385. The number of benzene rings is 1. The van der Waals surface area contributed by atoms with E-state index in [1.807, 2.05) is 24.3 Å². The maximum absolute atomic E-state index is 12.4. The Hall–Kier alpha value is -1.88. The van der Waals surface area contributed by atoms with Crippen LogP contribution in [0.2, 0.25) is 0 Å². The predicted octanol–water partition coefficient (Wildman–Crippen LogP) is 2.20. The van der Waals surface area contributed by atoms with Crippen LogP contribution in [-0.4, -0.2) is 49.6 Å². The minimum atomic E-state index is -0.130. The average Bonchev–Trinajstić information content (AvgIpc) is 2.52. The Morgan fingerprint density at radius 3 is 2.17 bits per heavy atom. The first-order chi connectivity index (χ1) is 10.8. The zero-order valence-corrected chi connectivity index (χ0v) is 14.5. The van der Waals surface area contributed by atoms with E-state index in [9.17, 15) is 9.59 Å². The highest BCUT2D eigenvalue weighted by Gasteiger charge is 2.22. The van der Waals surface area contributed by atoms with Crippen LogP contribution in [-0.2, 0) is 19.7 Å². The van der Waals surface area contributed by atoms with Crippen molar-refractivity contribution in [2.24, 2.45) is 0 Å². The molecule has 1 fully saturated rings. The first-order valence-electron chi connectivity index (χ1n) is 8.03. The van der Waals surface area contributed by atoms with E-state index in [2.05, 4.69) is 20.8 Å². The van der Waals surface area contributed by atoms with Gasteiger partial charge < -0.3 is 14.5 Å². The zero-order valence-electron chi connectivity index (χ0n) is 14.5. The van der Waals surface area contributed by atoms with E-state index in [-0.39, 0.29) is 23.8 Å². The standard InChI is InChI=1S/C18H26N2O3/c1-14(21)20(13-17(22)19-9-11-23-12-10-19)16-7-5-15(6-8-16)18(2,3)4/h5-8H,9-13H2,1-4H3. The Kier molecular flexibility index (Phi) is 5.42. The van der Waals surface area contributed by atoms with Crippen LogP contribution in [0.1, 0.15) is 33.3 Å². The number of rotatable bonds is 3. The third-order valence-corrected chi connectivity index (χ3v) is 4.08. The monoisotopic (exact) mass is 318 g/mol. The summed E-state index contributed by atoms with van der Waals surface area (Å²) in [5.41, 5.74) is 2.01. The summed E-state index contributed by atoms with van der Waals surface area (Å²) in [7, 11) is 0. The number of hydrogen-bond acceptors (Lipinski definition) is 3. The normalized spacial score (nSPS) is 15.4. The molecule has 1 aromatic carbocycles. The third kappa shape index (κ3) is 4.55. The summed E-state index contributed by atoms with van der Waals surface area (Å²) in [5, 5.41) is 0. The highest BCUT2D eigenvalue weighted by Crippen LogP contribution is 2.25. The summed E-state index contributed by atoms with van der Waals surface area (Å²) < 4.78 is 5.26. The van der Waals surface area contributed by atoms with Gasteiger partial charge in [0.05, 0.1) is 13.2 Å². The number of carbonyl (C=O) groups excluding carboxylic acids is 2. The molecule has 0 spiro atoms. The molecule has 0 bridgehead atoms. The fourth-order valence-electron chi connectivity index (χ4n) is 2.57. The van der Waals surface area contributed by atoms with Crippen molar-refractivity contribution in [3.05, 3.63) is 29.8 Å². The summed E-state index contributed by atoms with van der Waals surface area (Å²) in [4.78, 5) is 27.6. The first kappa shape index (κ1) is 17.5. The lowest BCUT2D eigenvalue weighted by atomic mass is 9.87. The summed E-state index contributed by atoms with van der Waals surface area (Å²) in [5.74, 6) is -0.168. The van der Waals surface area contributed by atoms with Gasteiger partial charge in [0, 0.05) is 25.7 Å². The maximum atomic E-state index is 12.4. The molecule has 1 aliphatic rings. The van der Waals surface area contributed by atoms with Gasteiger partial charge in [-0.05, 0) is 23.1 Å². The molecule has 0 N–H and O–H groups in total. The number of nitrogens with zero attached hydrogens (tertiary/aromatic N) is 2. The Labute approximate surface area is 138 Å². The summed E-state index contributed by atoms with van der Waals surface area (Å²) in [6, 6.07) is 7.86. The zero-order chi connectivity index (χ0) is 17.0. The topological polar surface area (TPSA) is 49.9 Å². The molecule has 2 rings (SSSR count). The molecule has 2 amide bonds. The van der Waals surface area contributed by atoms with Gasteiger partial charge in [-0.3, -0.25) is 9.59 Å². The van der Waals surface area contributed by atoms with Crippen molar-refractivity contribution < 1.29 is 14.3 Å². The highest BCUT2D eigenvalue weighted by atomic mass is 16.5. The third-order valence-electron chi connectivity index (χ3n) is 4.08. The van der Waals surface area contributed by atoms with Crippen molar-refractivity contribution >= 4 is 17.5 Å². The van der Waals surface area contributed by atoms with E-state index < -0.39 is 0 Å². The second-order valence-corrected chi connectivity index (χ2v) is 6.90. The van der Waals surface area contributed by atoms with Crippen LogP contribution in [0.3, 0.4) is 0 Å². The molecule has 5 nitrogen and oxygen atoms in total. The van der Waals surface area contributed by atoms with Crippen molar-refractivity contribution in [2.75, 3.05) is 37.7 Å². The fraction of sp³-hybridized carbons (Fsp3) is 0.556. The smallest absolute Gasteiger partial charge is 0.242 e. The Morgan fingerprint density at radius 2 is 1.70 bits per heavy atom. The van der Waals surface area contributed by atoms with Crippen molar-refractivity contribution in [2.45, 2.75) is 33.1 Å². The summed E-state index contributed by atoms with van der Waals surface area (Å²) in [6.45, 7) is 10.3. The summed E-state index contributed by atoms with van der Waals surface area (Å²) >= 11 is 0. The quantitative estimate of drug-likeness (QED) is 0.858. The van der Waals surface area contributed by atoms with Crippen LogP contribution in [0, 0.1) is 0 Å². The lowest BCUT2D eigenvalue weighted by Gasteiger charge is -2.30. The number of ether oxygens (including phenoxy) is 1. The van der Waals surface area contributed by atoms with Gasteiger partial charge in [-0.2, -0.15) is 0 Å². The van der Waals surface area contributed by atoms with Crippen LogP contribution in [0.25, 0.3) is 0 Å². The van der Waals surface area contributed by atoms with Gasteiger partial charge >= 0.3 is 0 Å². The number of carbonyl (C=O) groups is 2. The molecule has 0 aliphatic carbocycles. The highest BCUT2D eigenvalue weighted by molar-refractivity contribution is 5.97. The van der Waals surface area contributed by atoms with Gasteiger partial charge in [0.1, 0.15) is 6.54 Å². The molecule has 1 aromatic rings. The van der Waals surface area contributed by atoms with Crippen LogP contribution >= 0.6 is 0 Å². The summed E-state index contributed by atoms with van der Waals surface area (Å²) in [6.07, 6.45) is 0. The molecule has 0 radical (unpaired) electrons. The minimum Gasteiger partial charge on any atom is -0.378 e. The Morgan fingerprint density at radius 1 is 1.13 bits per heavy atom. The molecule has 5 heteroatoms. The van der Waals surface area contributed by atoms with Crippen LogP contribution < -0.4 is 4.90 Å². The van der Waals surface area contributed by atoms with Crippen molar-refractivity contribution in [1.29, 1.82) is 0 Å². The lowest BCUT2D eigenvalue weighted by Crippen LogP contribution is -2.46. The number of amides is 2. The molecule has 23 heavy (non-hydrogen) atoms. The van der Waals surface area contributed by atoms with Crippen LogP contribution in [0.4, 0.5) is 5.69 Å². The fourth-order valence-corrected chi connectivity index (χ4v) is 2.57. The molecule has 1 aliphatic heterocycles. The number of hydrogen-bond donors (Lipinski definition) is 0. The molecule has 0 aromatic heterocycles. The van der Waals surface area contributed by atoms with Gasteiger partial charge in [-0.1, -0.05) is 32.9 Å². The Balaban J connectivity index is 2.11. The van der Waals surface area contributed by atoms with Gasteiger partial charge in [0.25, 0.3) is 0 Å². The predicted molar refractivity (Wildman–Crippen MR) is 90.6 cm³/mol. The van der Waals surface area contributed by atoms with Crippen molar-refractivity contribution in [3.8, 4) is 0 Å². The maximum Gasteiger partial charge on any atom is 0.242 e. The SMILES string of the molecule is CC(=O)N(CC(=O)N1CCOCC1)c1ccc(C(C)(C)C)cc1. The molecule has 0 atom stereocenters. The van der Waals surface area contributed by atoms with Crippen molar-refractivity contribution in [3.63, 3.8) is 0 Å². The van der Waals surface area contributed by atoms with E-state index in [0.717, 1.165) is 5.69 Å². The van der Waals surface area contributed by atoms with Crippen LogP contribution in [0.15, 0.2) is 24.3 Å². The molecule has 1 heterocycles. The van der Waals surface area contributed by atoms with E-state index in [1.54, 1.807) is 4.90 Å². The van der Waals surface area contributed by atoms with Crippen LogP contribution in [0.5, 0.6) is 0 Å². The van der Waals surface area contributed by atoms with Gasteiger partial charge in [0.2, 0.25) is 11.8 Å². The molecule has 0 saturated carbocycles. The molecular formula is C18H26N2O3. The number of morpholine rings is 1. The first-order valence-corrected chi connectivity index (χ1v) is 8.03. The van der Waals surface area contributed by atoms with E-state index in [0.29, 0.717) is 26.3 Å². The molecule has 1 saturated heterocycles. The average molecular weight is 318 g/mol. The van der Waals surface area contributed by atoms with Gasteiger partial charge in [0.15, 0.2) is 0 Å². The molecule has 0 unspecified atom stereocenters. The van der Waals surface area contributed by atoms with E-state index >= 15 is 0 Å². The second-order valence-electron chi connectivity index (χ2n) is 6.90. The lowest BCUT2D eigenvalue weighted by molar-refractivity contribution is -0.134. The largest absolute Gasteiger partial charge is 0.378 e. The van der Waals surface area contributed by atoms with Gasteiger partial charge in [-0.25, -0.2) is 0 Å². The van der Waals surface area contributed by atoms with Crippen molar-refractivity contribution in [1.82, 2.24) is 4.90 Å².